The second kappa shape index (κ2) is 9.93. The Kier molecular flexibility index (Phi) is 7.29. The van der Waals surface area contributed by atoms with E-state index in [1.54, 1.807) is 24.3 Å². The van der Waals surface area contributed by atoms with Gasteiger partial charge in [-0.3, -0.25) is 9.59 Å². The minimum atomic E-state index is -3.71. The number of hydrogen-bond acceptors (Lipinski definition) is 5. The molecule has 0 aliphatic carbocycles. The van der Waals surface area contributed by atoms with E-state index in [0.29, 0.717) is 30.8 Å². The Labute approximate surface area is 182 Å². The van der Waals surface area contributed by atoms with E-state index in [0.717, 1.165) is 12.0 Å². The Morgan fingerprint density at radius 3 is 2.35 bits per heavy atom. The number of carbonyl (C=O) groups excluding carboxylic acids is 2. The molecule has 1 atom stereocenters. The summed E-state index contributed by atoms with van der Waals surface area (Å²) in [6.45, 7) is 2.46. The van der Waals surface area contributed by atoms with Crippen molar-refractivity contribution in [3.8, 4) is 5.75 Å². The van der Waals surface area contributed by atoms with Gasteiger partial charge in [0.05, 0.1) is 12.0 Å². The quantitative estimate of drug-likeness (QED) is 0.636. The van der Waals surface area contributed by atoms with Gasteiger partial charge in [-0.05, 0) is 61.2 Å². The molecule has 31 heavy (non-hydrogen) atoms. The molecule has 0 saturated carbocycles. The number of nitrogens with one attached hydrogen (secondary N) is 2. The first-order valence-corrected chi connectivity index (χ1v) is 11.6. The van der Waals surface area contributed by atoms with Gasteiger partial charge in [0.25, 0.3) is 0 Å². The molecule has 0 radical (unpaired) electrons. The summed E-state index contributed by atoms with van der Waals surface area (Å²) in [5.74, 6) is -1.01. The zero-order chi connectivity index (χ0) is 22.4. The fourth-order valence-corrected chi connectivity index (χ4v) is 5.21. The van der Waals surface area contributed by atoms with Gasteiger partial charge in [-0.15, -0.1) is 0 Å². The van der Waals surface area contributed by atoms with Crippen molar-refractivity contribution in [2.45, 2.75) is 37.1 Å². The van der Waals surface area contributed by atoms with Crippen LogP contribution in [0.1, 0.15) is 25.3 Å². The lowest BCUT2D eigenvalue weighted by molar-refractivity contribution is -0.136. The first-order valence-electron chi connectivity index (χ1n) is 10.2. The summed E-state index contributed by atoms with van der Waals surface area (Å²) in [6, 6.07) is 13.0. The molecule has 2 amide bonds. The van der Waals surface area contributed by atoms with Crippen LogP contribution in [0.15, 0.2) is 53.4 Å². The third kappa shape index (κ3) is 5.42. The first kappa shape index (κ1) is 22.8. The molecule has 9 heteroatoms. The number of methoxy groups -OCH3 is 1. The molecule has 1 saturated heterocycles. The molecule has 0 spiro atoms. The lowest BCUT2D eigenvalue weighted by atomic mass is 10.1. The van der Waals surface area contributed by atoms with Crippen molar-refractivity contribution in [3.05, 3.63) is 54.1 Å². The van der Waals surface area contributed by atoms with Crippen LogP contribution in [-0.2, 0) is 26.0 Å². The van der Waals surface area contributed by atoms with Gasteiger partial charge >= 0.3 is 11.8 Å². The zero-order valence-corrected chi connectivity index (χ0v) is 18.4. The van der Waals surface area contributed by atoms with Crippen molar-refractivity contribution >= 4 is 27.5 Å². The number of sulfonamides is 1. The number of nitrogens with zero attached hydrogens (tertiary/aromatic N) is 1. The molecule has 1 heterocycles. The summed E-state index contributed by atoms with van der Waals surface area (Å²) in [6.07, 6.45) is 2.17. The number of ether oxygens (including phenoxy) is 1. The summed E-state index contributed by atoms with van der Waals surface area (Å²) in [4.78, 5) is 24.6. The van der Waals surface area contributed by atoms with Crippen LogP contribution < -0.4 is 15.4 Å². The Morgan fingerprint density at radius 1 is 1.06 bits per heavy atom. The zero-order valence-electron chi connectivity index (χ0n) is 17.6. The molecular formula is C22H27N3O5S. The lowest BCUT2D eigenvalue weighted by Crippen LogP contribution is -2.45. The van der Waals surface area contributed by atoms with E-state index in [2.05, 4.69) is 10.6 Å². The third-order valence-electron chi connectivity index (χ3n) is 5.31. The molecule has 1 aliphatic heterocycles. The van der Waals surface area contributed by atoms with Gasteiger partial charge in [-0.2, -0.15) is 4.31 Å². The highest BCUT2D eigenvalue weighted by atomic mass is 32.2. The Morgan fingerprint density at radius 2 is 1.74 bits per heavy atom. The Hall–Kier alpha value is -2.91. The molecule has 166 valence electrons. The number of rotatable bonds is 7. The molecule has 1 aliphatic rings. The van der Waals surface area contributed by atoms with Gasteiger partial charge in [0, 0.05) is 24.8 Å². The van der Waals surface area contributed by atoms with Crippen molar-refractivity contribution < 1.29 is 22.7 Å². The van der Waals surface area contributed by atoms with Crippen molar-refractivity contribution in [1.82, 2.24) is 9.62 Å². The van der Waals surface area contributed by atoms with Crippen LogP contribution in [0.3, 0.4) is 0 Å². The Bertz CT molecular complexity index is 1020. The predicted octanol–water partition coefficient (Wildman–Crippen LogP) is 2.17. The van der Waals surface area contributed by atoms with Gasteiger partial charge < -0.3 is 15.4 Å². The molecule has 0 bridgehead atoms. The average molecular weight is 446 g/mol. The van der Waals surface area contributed by atoms with E-state index in [1.807, 2.05) is 19.1 Å². The molecule has 1 fully saturated rings. The fourth-order valence-electron chi connectivity index (χ4n) is 3.52. The lowest BCUT2D eigenvalue weighted by Gasteiger charge is -2.24. The minimum absolute atomic E-state index is 0.0659. The largest absolute Gasteiger partial charge is 0.497 e. The monoisotopic (exact) mass is 445 g/mol. The maximum atomic E-state index is 13.0. The molecule has 2 N–H and O–H groups in total. The molecule has 0 unspecified atom stereocenters. The number of carbonyl (C=O) groups is 2. The number of anilines is 1. The number of aryl methyl sites for hydroxylation is 1. The maximum Gasteiger partial charge on any atom is 0.313 e. The van der Waals surface area contributed by atoms with Crippen molar-refractivity contribution in [3.63, 3.8) is 0 Å². The topological polar surface area (TPSA) is 105 Å². The number of amides is 2. The van der Waals surface area contributed by atoms with E-state index in [4.69, 9.17) is 4.74 Å². The van der Waals surface area contributed by atoms with Crippen LogP contribution in [0.4, 0.5) is 5.69 Å². The predicted molar refractivity (Wildman–Crippen MR) is 117 cm³/mol. The highest BCUT2D eigenvalue weighted by molar-refractivity contribution is 7.89. The van der Waals surface area contributed by atoms with Crippen LogP contribution in [0.25, 0.3) is 0 Å². The van der Waals surface area contributed by atoms with Crippen molar-refractivity contribution in [2.75, 3.05) is 25.5 Å². The highest BCUT2D eigenvalue weighted by Crippen LogP contribution is 2.26. The molecule has 3 rings (SSSR count). The molecule has 0 aromatic heterocycles. The summed E-state index contributed by atoms with van der Waals surface area (Å²) in [5, 5.41) is 5.11. The summed E-state index contributed by atoms with van der Waals surface area (Å²) in [7, 11) is -2.20. The van der Waals surface area contributed by atoms with Crippen LogP contribution in [0.5, 0.6) is 5.75 Å². The second-order valence-corrected chi connectivity index (χ2v) is 9.19. The van der Waals surface area contributed by atoms with Crippen molar-refractivity contribution in [1.29, 1.82) is 0 Å². The van der Waals surface area contributed by atoms with E-state index < -0.39 is 27.9 Å². The van der Waals surface area contributed by atoms with Crippen LogP contribution in [0.2, 0.25) is 0 Å². The molecule has 2 aromatic rings. The summed E-state index contributed by atoms with van der Waals surface area (Å²) >= 11 is 0. The number of benzene rings is 2. The van der Waals surface area contributed by atoms with E-state index >= 15 is 0 Å². The van der Waals surface area contributed by atoms with Crippen molar-refractivity contribution in [2.24, 2.45) is 0 Å². The summed E-state index contributed by atoms with van der Waals surface area (Å²) < 4.78 is 32.5. The molecule has 8 nitrogen and oxygen atoms in total. The van der Waals surface area contributed by atoms with Gasteiger partial charge in [0.1, 0.15) is 5.75 Å². The molecular weight excluding hydrogens is 418 g/mol. The summed E-state index contributed by atoms with van der Waals surface area (Å²) in [5.41, 5.74) is 1.66. The van der Waals surface area contributed by atoms with E-state index in [1.165, 1.54) is 23.5 Å². The number of hydrogen-bond donors (Lipinski definition) is 2. The van der Waals surface area contributed by atoms with Crippen LogP contribution in [-0.4, -0.2) is 50.8 Å². The first-order chi connectivity index (χ1) is 14.8. The van der Waals surface area contributed by atoms with Gasteiger partial charge in [-0.1, -0.05) is 19.1 Å². The smallest absolute Gasteiger partial charge is 0.313 e. The van der Waals surface area contributed by atoms with E-state index in [-0.39, 0.29) is 11.4 Å². The molecule has 2 aromatic carbocycles. The fraction of sp³-hybridized carbons (Fsp3) is 0.364. The van der Waals surface area contributed by atoms with Gasteiger partial charge in [0.15, 0.2) is 0 Å². The van der Waals surface area contributed by atoms with Crippen LogP contribution in [0, 0.1) is 0 Å². The minimum Gasteiger partial charge on any atom is -0.497 e. The average Bonchev–Trinajstić information content (AvgIpc) is 3.27. The normalized spacial score (nSPS) is 16.6. The second-order valence-electron chi connectivity index (χ2n) is 7.30. The van der Waals surface area contributed by atoms with E-state index in [9.17, 15) is 18.0 Å². The van der Waals surface area contributed by atoms with Gasteiger partial charge in [-0.25, -0.2) is 8.42 Å². The maximum absolute atomic E-state index is 13.0. The Balaban J connectivity index is 1.59. The SMILES string of the molecule is CCc1ccc(NC(=O)C(=O)NC[C@H]2CCCN2S(=O)(=O)c2ccc(OC)cc2)cc1. The van der Waals surface area contributed by atoms with Gasteiger partial charge in [0.2, 0.25) is 10.0 Å². The third-order valence-corrected chi connectivity index (χ3v) is 7.28. The standard InChI is InChI=1S/C22H27N3O5S/c1-3-16-6-8-17(9-7-16)24-22(27)21(26)23-15-18-5-4-14-25(18)31(28,29)20-12-10-19(30-2)11-13-20/h6-13,18H,3-5,14-15H2,1-2H3,(H,23,26)(H,24,27)/t18-/m1/s1. The van der Waals surface area contributed by atoms with Crippen LogP contribution >= 0.6 is 0 Å². The highest BCUT2D eigenvalue weighted by Gasteiger charge is 2.35.